The van der Waals surface area contributed by atoms with E-state index in [9.17, 15) is 9.59 Å². The maximum atomic E-state index is 11.4. The third-order valence-corrected chi connectivity index (χ3v) is 2.24. The van der Waals surface area contributed by atoms with Crippen molar-refractivity contribution in [1.29, 1.82) is 0 Å². The molecule has 0 fully saturated rings. The first-order chi connectivity index (χ1) is 8.01. The third kappa shape index (κ3) is 7.57. The summed E-state index contributed by atoms with van der Waals surface area (Å²) in [6.45, 7) is 4.82. The van der Waals surface area contributed by atoms with Gasteiger partial charge in [-0.2, -0.15) is 0 Å². The molecule has 0 saturated carbocycles. The zero-order chi connectivity index (χ0) is 13.3. The summed E-state index contributed by atoms with van der Waals surface area (Å²) < 4.78 is 4.93. The number of methoxy groups -OCH3 is 1. The predicted molar refractivity (Wildman–Crippen MR) is 63.9 cm³/mol. The average molecular weight is 246 g/mol. The lowest BCUT2D eigenvalue weighted by Gasteiger charge is -2.16. The van der Waals surface area contributed by atoms with Crippen LogP contribution >= 0.6 is 0 Å². The summed E-state index contributed by atoms with van der Waals surface area (Å²) in [6.07, 6.45) is 1.13. The van der Waals surface area contributed by atoms with Crippen molar-refractivity contribution in [2.45, 2.75) is 32.7 Å². The van der Waals surface area contributed by atoms with E-state index in [1.54, 1.807) is 7.11 Å². The summed E-state index contributed by atoms with van der Waals surface area (Å²) >= 11 is 0. The Labute approximate surface area is 102 Å². The van der Waals surface area contributed by atoms with Gasteiger partial charge in [-0.25, -0.2) is 9.59 Å². The number of nitrogens with one attached hydrogen (secondary N) is 2. The Kier molecular flexibility index (Phi) is 8.13. The maximum Gasteiger partial charge on any atom is 0.326 e. The largest absolute Gasteiger partial charge is 0.480 e. The molecule has 2 amide bonds. The van der Waals surface area contributed by atoms with Gasteiger partial charge in [0.15, 0.2) is 0 Å². The number of hydrogen-bond acceptors (Lipinski definition) is 3. The Morgan fingerprint density at radius 2 is 2.06 bits per heavy atom. The second-order valence-corrected chi connectivity index (χ2v) is 4.09. The Bertz CT molecular complexity index is 246. The van der Waals surface area contributed by atoms with Crippen molar-refractivity contribution in [2.75, 3.05) is 20.3 Å². The zero-order valence-corrected chi connectivity index (χ0v) is 10.7. The van der Waals surface area contributed by atoms with E-state index in [1.165, 1.54) is 0 Å². The Morgan fingerprint density at radius 3 is 2.53 bits per heavy atom. The fourth-order valence-corrected chi connectivity index (χ4v) is 1.37. The zero-order valence-electron chi connectivity index (χ0n) is 10.7. The van der Waals surface area contributed by atoms with E-state index in [-0.39, 0.29) is 5.92 Å². The van der Waals surface area contributed by atoms with E-state index in [2.05, 4.69) is 10.6 Å². The van der Waals surface area contributed by atoms with Gasteiger partial charge < -0.3 is 20.5 Å². The molecule has 2 atom stereocenters. The molecule has 6 nitrogen and oxygen atoms in total. The van der Waals surface area contributed by atoms with Gasteiger partial charge in [0, 0.05) is 13.7 Å². The highest BCUT2D eigenvalue weighted by Crippen LogP contribution is 1.97. The molecule has 0 aromatic rings. The fourth-order valence-electron chi connectivity index (χ4n) is 1.37. The Balaban J connectivity index is 3.93. The number of carboxylic acids is 1. The highest BCUT2D eigenvalue weighted by Gasteiger charge is 2.18. The maximum absolute atomic E-state index is 11.4. The number of aliphatic carboxylic acids is 1. The third-order valence-electron chi connectivity index (χ3n) is 2.24. The minimum Gasteiger partial charge on any atom is -0.480 e. The number of amides is 2. The molecule has 0 saturated heterocycles. The van der Waals surface area contributed by atoms with Crippen LogP contribution in [0.4, 0.5) is 4.79 Å². The number of carbonyl (C=O) groups excluding carboxylic acids is 1. The Morgan fingerprint density at radius 1 is 1.41 bits per heavy atom. The molecule has 3 N–H and O–H groups in total. The van der Waals surface area contributed by atoms with E-state index in [0.717, 1.165) is 0 Å². The van der Waals surface area contributed by atoms with E-state index < -0.39 is 18.0 Å². The van der Waals surface area contributed by atoms with Crippen molar-refractivity contribution in [2.24, 2.45) is 5.92 Å². The first-order valence-electron chi connectivity index (χ1n) is 5.77. The van der Waals surface area contributed by atoms with Gasteiger partial charge >= 0.3 is 12.0 Å². The summed E-state index contributed by atoms with van der Waals surface area (Å²) in [4.78, 5) is 22.2. The molecule has 100 valence electrons. The molecule has 0 bridgehead atoms. The van der Waals surface area contributed by atoms with Gasteiger partial charge in [-0.3, -0.25) is 0 Å². The van der Waals surface area contributed by atoms with Gasteiger partial charge in [0.1, 0.15) is 6.04 Å². The lowest BCUT2D eigenvalue weighted by molar-refractivity contribution is -0.139. The highest BCUT2D eigenvalue weighted by atomic mass is 16.5. The molecule has 17 heavy (non-hydrogen) atoms. The topological polar surface area (TPSA) is 87.7 Å². The SMILES string of the molecule is CCCC(NC(=O)NCC(C)COC)C(=O)O. The van der Waals surface area contributed by atoms with Crippen molar-refractivity contribution < 1.29 is 19.4 Å². The van der Waals surface area contributed by atoms with Gasteiger partial charge in [0.25, 0.3) is 0 Å². The quantitative estimate of drug-likeness (QED) is 0.591. The van der Waals surface area contributed by atoms with Crippen molar-refractivity contribution in [3.63, 3.8) is 0 Å². The van der Waals surface area contributed by atoms with Gasteiger partial charge in [-0.1, -0.05) is 20.3 Å². The molecule has 0 heterocycles. The summed E-state index contributed by atoms with van der Waals surface area (Å²) in [5, 5.41) is 13.9. The van der Waals surface area contributed by atoms with E-state index in [0.29, 0.717) is 26.0 Å². The van der Waals surface area contributed by atoms with E-state index in [1.807, 2.05) is 13.8 Å². The number of carboxylic acid groups (broad SMARTS) is 1. The number of ether oxygens (including phenoxy) is 1. The van der Waals surface area contributed by atoms with Crippen LogP contribution < -0.4 is 10.6 Å². The lowest BCUT2D eigenvalue weighted by atomic mass is 10.2. The molecule has 0 spiro atoms. The predicted octanol–water partition coefficient (Wildman–Crippen LogP) is 0.821. The second-order valence-electron chi connectivity index (χ2n) is 4.09. The lowest BCUT2D eigenvalue weighted by Crippen LogP contribution is -2.47. The molecule has 0 aliphatic carbocycles. The monoisotopic (exact) mass is 246 g/mol. The highest BCUT2D eigenvalue weighted by molar-refractivity contribution is 5.82. The summed E-state index contributed by atoms with van der Waals surface area (Å²) in [5.74, 6) is -0.813. The molecule has 6 heteroatoms. The molecule has 0 aromatic carbocycles. The van der Waals surface area contributed by atoms with Crippen molar-refractivity contribution in [3.8, 4) is 0 Å². The van der Waals surface area contributed by atoms with E-state index in [4.69, 9.17) is 9.84 Å². The molecule has 0 aromatic heterocycles. The number of rotatable bonds is 8. The van der Waals surface area contributed by atoms with Crippen LogP contribution in [-0.4, -0.2) is 43.4 Å². The first-order valence-corrected chi connectivity index (χ1v) is 5.77. The molecule has 0 radical (unpaired) electrons. The second kappa shape index (κ2) is 8.81. The smallest absolute Gasteiger partial charge is 0.326 e. The molecular weight excluding hydrogens is 224 g/mol. The van der Waals surface area contributed by atoms with Gasteiger partial charge in [-0.05, 0) is 12.3 Å². The standard InChI is InChI=1S/C11H22N2O4/c1-4-5-9(10(14)15)13-11(16)12-6-8(2)7-17-3/h8-9H,4-7H2,1-3H3,(H,14,15)(H2,12,13,16). The van der Waals surface area contributed by atoms with Crippen molar-refractivity contribution >= 4 is 12.0 Å². The van der Waals surface area contributed by atoms with Crippen LogP contribution in [0.3, 0.4) is 0 Å². The summed E-state index contributed by atoms with van der Waals surface area (Å²) in [6, 6.07) is -1.27. The molecular formula is C11H22N2O4. The van der Waals surface area contributed by atoms with Crippen LogP contribution in [0.1, 0.15) is 26.7 Å². The fraction of sp³-hybridized carbons (Fsp3) is 0.818. The van der Waals surface area contributed by atoms with Crippen LogP contribution in [0, 0.1) is 5.92 Å². The first kappa shape index (κ1) is 15.7. The molecule has 2 unspecified atom stereocenters. The number of urea groups is 1. The van der Waals surface area contributed by atoms with E-state index >= 15 is 0 Å². The van der Waals surface area contributed by atoms with Crippen molar-refractivity contribution in [1.82, 2.24) is 10.6 Å². The van der Waals surface area contributed by atoms with Crippen LogP contribution in [0.5, 0.6) is 0 Å². The summed E-state index contributed by atoms with van der Waals surface area (Å²) in [5.41, 5.74) is 0. The van der Waals surface area contributed by atoms with Gasteiger partial charge in [-0.15, -0.1) is 0 Å². The van der Waals surface area contributed by atoms with Gasteiger partial charge in [0.05, 0.1) is 6.61 Å². The van der Waals surface area contributed by atoms with Crippen LogP contribution in [0.15, 0.2) is 0 Å². The number of hydrogen-bond donors (Lipinski definition) is 3. The number of carbonyl (C=O) groups is 2. The molecule has 0 rings (SSSR count). The van der Waals surface area contributed by atoms with Crippen LogP contribution in [0.25, 0.3) is 0 Å². The minimum atomic E-state index is -1.01. The van der Waals surface area contributed by atoms with Gasteiger partial charge in [0.2, 0.25) is 0 Å². The van der Waals surface area contributed by atoms with Crippen LogP contribution in [-0.2, 0) is 9.53 Å². The van der Waals surface area contributed by atoms with Crippen molar-refractivity contribution in [3.05, 3.63) is 0 Å². The summed E-state index contributed by atoms with van der Waals surface area (Å²) in [7, 11) is 1.60. The minimum absolute atomic E-state index is 0.195. The van der Waals surface area contributed by atoms with Crippen LogP contribution in [0.2, 0.25) is 0 Å². The average Bonchev–Trinajstić information content (AvgIpc) is 2.26. The normalized spacial score (nSPS) is 13.8. The Hall–Kier alpha value is -1.30. The molecule has 0 aliphatic heterocycles. The molecule has 0 aliphatic rings.